The highest BCUT2D eigenvalue weighted by atomic mass is 16.5. The zero-order chi connectivity index (χ0) is 14.4. The summed E-state index contributed by atoms with van der Waals surface area (Å²) in [6, 6.07) is 4.93. The van der Waals surface area contributed by atoms with E-state index in [4.69, 9.17) is 15.6 Å². The number of benzene rings is 1. The summed E-state index contributed by atoms with van der Waals surface area (Å²) in [7, 11) is 1.64. The molecule has 5 heteroatoms. The highest BCUT2D eigenvalue weighted by Crippen LogP contribution is 2.27. The molecule has 0 radical (unpaired) electrons. The zero-order valence-corrected chi connectivity index (χ0v) is 11.6. The van der Waals surface area contributed by atoms with Crippen LogP contribution in [-0.2, 0) is 11.3 Å². The van der Waals surface area contributed by atoms with Gasteiger partial charge < -0.3 is 20.9 Å². The molecule has 5 nitrogen and oxygen atoms in total. The molecule has 1 amide bonds. The van der Waals surface area contributed by atoms with Crippen molar-refractivity contribution in [2.24, 2.45) is 5.73 Å². The molecule has 106 valence electrons. The molecular formula is C14H22N2O3. The lowest BCUT2D eigenvalue weighted by Crippen LogP contribution is -2.42. The van der Waals surface area contributed by atoms with Gasteiger partial charge in [-0.15, -0.1) is 0 Å². The molecule has 0 saturated carbocycles. The molecular weight excluding hydrogens is 244 g/mol. The van der Waals surface area contributed by atoms with Crippen molar-refractivity contribution in [1.29, 1.82) is 0 Å². The van der Waals surface area contributed by atoms with Crippen LogP contribution in [0.3, 0.4) is 0 Å². The number of amides is 1. The van der Waals surface area contributed by atoms with Crippen LogP contribution in [0.25, 0.3) is 0 Å². The maximum atomic E-state index is 11.5. The largest absolute Gasteiger partial charge is 0.496 e. The number of hydrogen-bond acceptors (Lipinski definition) is 4. The fourth-order valence-electron chi connectivity index (χ4n) is 1.75. The SMILES string of the molecule is COc1ccc(CNC(=O)C(N)CO)cc1C(C)C. The highest BCUT2D eigenvalue weighted by molar-refractivity contribution is 5.81. The van der Waals surface area contributed by atoms with Crippen molar-refractivity contribution in [2.75, 3.05) is 13.7 Å². The summed E-state index contributed by atoms with van der Waals surface area (Å²) < 4.78 is 5.30. The van der Waals surface area contributed by atoms with Gasteiger partial charge in [-0.25, -0.2) is 0 Å². The molecule has 0 aliphatic rings. The van der Waals surface area contributed by atoms with Gasteiger partial charge in [0.25, 0.3) is 0 Å². The summed E-state index contributed by atoms with van der Waals surface area (Å²) >= 11 is 0. The van der Waals surface area contributed by atoms with E-state index in [0.29, 0.717) is 12.5 Å². The number of carbonyl (C=O) groups is 1. The van der Waals surface area contributed by atoms with E-state index < -0.39 is 6.04 Å². The fourth-order valence-corrected chi connectivity index (χ4v) is 1.75. The number of ether oxygens (including phenoxy) is 1. The Bertz CT molecular complexity index is 433. The van der Waals surface area contributed by atoms with Crippen molar-refractivity contribution < 1.29 is 14.6 Å². The topological polar surface area (TPSA) is 84.6 Å². The molecule has 0 fully saturated rings. The van der Waals surface area contributed by atoms with E-state index in [2.05, 4.69) is 19.2 Å². The predicted octanol–water partition coefficient (Wildman–Crippen LogP) is 0.754. The Balaban J connectivity index is 2.75. The normalized spacial score (nSPS) is 12.3. The minimum Gasteiger partial charge on any atom is -0.496 e. The molecule has 1 rings (SSSR count). The third kappa shape index (κ3) is 4.22. The van der Waals surface area contributed by atoms with Crippen molar-refractivity contribution in [3.05, 3.63) is 29.3 Å². The van der Waals surface area contributed by atoms with Gasteiger partial charge in [0.05, 0.1) is 13.7 Å². The molecule has 4 N–H and O–H groups in total. The molecule has 0 heterocycles. The first-order chi connectivity index (χ1) is 8.99. The average Bonchev–Trinajstić information content (AvgIpc) is 2.43. The van der Waals surface area contributed by atoms with Gasteiger partial charge in [0, 0.05) is 6.54 Å². The number of aliphatic hydroxyl groups is 1. The first-order valence-corrected chi connectivity index (χ1v) is 6.30. The lowest BCUT2D eigenvalue weighted by atomic mass is 9.99. The first-order valence-electron chi connectivity index (χ1n) is 6.30. The third-order valence-corrected chi connectivity index (χ3v) is 2.92. The number of aliphatic hydroxyl groups excluding tert-OH is 1. The number of rotatable bonds is 6. The predicted molar refractivity (Wildman–Crippen MR) is 74.0 cm³/mol. The minimum absolute atomic E-state index is 0.338. The first kappa shape index (κ1) is 15.5. The Kier molecular flexibility index (Phi) is 5.79. The maximum Gasteiger partial charge on any atom is 0.239 e. The van der Waals surface area contributed by atoms with E-state index in [1.165, 1.54) is 0 Å². The van der Waals surface area contributed by atoms with Crippen LogP contribution in [0.5, 0.6) is 5.75 Å². The monoisotopic (exact) mass is 266 g/mol. The number of hydrogen-bond donors (Lipinski definition) is 3. The number of nitrogens with two attached hydrogens (primary N) is 1. The average molecular weight is 266 g/mol. The number of nitrogens with one attached hydrogen (secondary N) is 1. The zero-order valence-electron chi connectivity index (χ0n) is 11.6. The van der Waals surface area contributed by atoms with E-state index >= 15 is 0 Å². The van der Waals surface area contributed by atoms with Crippen molar-refractivity contribution >= 4 is 5.91 Å². The molecule has 1 aromatic rings. The van der Waals surface area contributed by atoms with Gasteiger partial charge in [0.1, 0.15) is 11.8 Å². The van der Waals surface area contributed by atoms with Crippen LogP contribution in [-0.4, -0.2) is 30.8 Å². The third-order valence-electron chi connectivity index (χ3n) is 2.92. The van der Waals surface area contributed by atoms with Gasteiger partial charge >= 0.3 is 0 Å². The summed E-state index contributed by atoms with van der Waals surface area (Å²) in [6.45, 7) is 4.20. The number of carbonyl (C=O) groups excluding carboxylic acids is 1. The number of methoxy groups -OCH3 is 1. The summed E-state index contributed by atoms with van der Waals surface area (Å²) in [5.41, 5.74) is 7.50. The summed E-state index contributed by atoms with van der Waals surface area (Å²) in [5.74, 6) is 0.826. The highest BCUT2D eigenvalue weighted by Gasteiger charge is 2.12. The standard InChI is InChI=1S/C14H22N2O3/c1-9(2)11-6-10(4-5-13(11)19-3)7-16-14(18)12(15)8-17/h4-6,9,12,17H,7-8,15H2,1-3H3,(H,16,18). The molecule has 19 heavy (non-hydrogen) atoms. The molecule has 0 aliphatic heterocycles. The van der Waals surface area contributed by atoms with E-state index in [1.54, 1.807) is 7.11 Å². The van der Waals surface area contributed by atoms with Crippen LogP contribution in [0, 0.1) is 0 Å². The van der Waals surface area contributed by atoms with Gasteiger partial charge in [-0.3, -0.25) is 4.79 Å². The van der Waals surface area contributed by atoms with Crippen molar-refractivity contribution in [1.82, 2.24) is 5.32 Å². The van der Waals surface area contributed by atoms with Gasteiger partial charge in [-0.2, -0.15) is 0 Å². The second-order valence-electron chi connectivity index (χ2n) is 4.74. The van der Waals surface area contributed by atoms with Crippen LogP contribution in [0.15, 0.2) is 18.2 Å². The van der Waals surface area contributed by atoms with Crippen molar-refractivity contribution in [3.8, 4) is 5.75 Å². The lowest BCUT2D eigenvalue weighted by Gasteiger charge is -2.14. The van der Waals surface area contributed by atoms with Gasteiger partial charge in [0.15, 0.2) is 0 Å². The Morgan fingerprint density at radius 2 is 2.16 bits per heavy atom. The molecule has 1 aromatic carbocycles. The summed E-state index contributed by atoms with van der Waals surface area (Å²) in [4.78, 5) is 11.5. The Morgan fingerprint density at radius 3 is 2.68 bits per heavy atom. The summed E-state index contributed by atoms with van der Waals surface area (Å²) in [5, 5.41) is 11.5. The molecule has 0 aromatic heterocycles. The Hall–Kier alpha value is -1.59. The van der Waals surface area contributed by atoms with E-state index in [-0.39, 0.29) is 12.5 Å². The van der Waals surface area contributed by atoms with E-state index in [0.717, 1.165) is 16.9 Å². The Labute approximate surface area is 113 Å². The van der Waals surface area contributed by atoms with Crippen LogP contribution in [0.4, 0.5) is 0 Å². The van der Waals surface area contributed by atoms with E-state index in [1.807, 2.05) is 18.2 Å². The second kappa shape index (κ2) is 7.11. The summed E-state index contributed by atoms with van der Waals surface area (Å²) in [6.07, 6.45) is 0. The second-order valence-corrected chi connectivity index (χ2v) is 4.74. The van der Waals surface area contributed by atoms with Gasteiger partial charge in [-0.05, 0) is 23.1 Å². The smallest absolute Gasteiger partial charge is 0.239 e. The quantitative estimate of drug-likeness (QED) is 0.709. The lowest BCUT2D eigenvalue weighted by molar-refractivity contribution is -0.123. The molecule has 1 atom stereocenters. The van der Waals surface area contributed by atoms with Crippen LogP contribution in [0.2, 0.25) is 0 Å². The van der Waals surface area contributed by atoms with Crippen LogP contribution >= 0.6 is 0 Å². The van der Waals surface area contributed by atoms with Gasteiger partial charge in [-0.1, -0.05) is 26.0 Å². The molecule has 1 unspecified atom stereocenters. The van der Waals surface area contributed by atoms with Crippen LogP contribution < -0.4 is 15.8 Å². The molecule has 0 aliphatic carbocycles. The van der Waals surface area contributed by atoms with E-state index in [9.17, 15) is 4.79 Å². The fraction of sp³-hybridized carbons (Fsp3) is 0.500. The minimum atomic E-state index is -0.872. The van der Waals surface area contributed by atoms with Crippen molar-refractivity contribution in [3.63, 3.8) is 0 Å². The van der Waals surface area contributed by atoms with Crippen LogP contribution in [0.1, 0.15) is 30.9 Å². The maximum absolute atomic E-state index is 11.5. The molecule has 0 saturated heterocycles. The molecule has 0 bridgehead atoms. The van der Waals surface area contributed by atoms with Gasteiger partial charge in [0.2, 0.25) is 5.91 Å². The molecule has 0 spiro atoms. The van der Waals surface area contributed by atoms with Crippen molar-refractivity contribution in [2.45, 2.75) is 32.4 Å². The Morgan fingerprint density at radius 1 is 1.47 bits per heavy atom.